The number of piperidine rings is 1. The van der Waals surface area contributed by atoms with Crippen molar-refractivity contribution in [2.24, 2.45) is 5.92 Å². The van der Waals surface area contributed by atoms with Gasteiger partial charge >= 0.3 is 12.2 Å². The lowest BCUT2D eigenvalue weighted by atomic mass is 9.83. The number of carbonyl (C=O) groups excluding carboxylic acids is 1. The number of halogens is 3. The molecule has 0 spiro atoms. The number of ether oxygens (including phenoxy) is 1. The third-order valence-corrected chi connectivity index (χ3v) is 6.40. The van der Waals surface area contributed by atoms with Crippen molar-refractivity contribution < 1.29 is 22.7 Å². The minimum absolute atomic E-state index is 0.0857. The van der Waals surface area contributed by atoms with Gasteiger partial charge in [0.1, 0.15) is 5.75 Å². The highest BCUT2D eigenvalue weighted by molar-refractivity contribution is 5.75. The second kappa shape index (κ2) is 7.46. The van der Waals surface area contributed by atoms with E-state index in [-0.39, 0.29) is 31.0 Å². The van der Waals surface area contributed by atoms with E-state index in [0.29, 0.717) is 26.2 Å². The van der Waals surface area contributed by atoms with Gasteiger partial charge in [-0.15, -0.1) is 0 Å². The first-order valence-corrected chi connectivity index (χ1v) is 9.86. The van der Waals surface area contributed by atoms with Crippen LogP contribution in [0, 0.1) is 5.92 Å². The van der Waals surface area contributed by atoms with Gasteiger partial charge in [0.2, 0.25) is 0 Å². The van der Waals surface area contributed by atoms with E-state index >= 15 is 0 Å². The third-order valence-electron chi connectivity index (χ3n) is 6.40. The lowest BCUT2D eigenvalue weighted by molar-refractivity contribution is -0.187. The molecule has 1 saturated heterocycles. The van der Waals surface area contributed by atoms with E-state index in [0.717, 1.165) is 29.7 Å². The zero-order valence-corrected chi connectivity index (χ0v) is 16.0. The van der Waals surface area contributed by atoms with Gasteiger partial charge in [0.15, 0.2) is 0 Å². The van der Waals surface area contributed by atoms with E-state index in [1.165, 1.54) is 0 Å². The Morgan fingerprint density at radius 2 is 1.89 bits per heavy atom. The van der Waals surface area contributed by atoms with Gasteiger partial charge in [0, 0.05) is 24.2 Å². The summed E-state index contributed by atoms with van der Waals surface area (Å²) in [5.41, 5.74) is 2.16. The Morgan fingerprint density at radius 1 is 1.18 bits per heavy atom. The number of urea groups is 1. The van der Waals surface area contributed by atoms with Crippen LogP contribution in [0.3, 0.4) is 0 Å². The fourth-order valence-electron chi connectivity index (χ4n) is 4.59. The minimum atomic E-state index is -4.07. The molecule has 1 saturated carbocycles. The molecule has 2 aliphatic heterocycles. The summed E-state index contributed by atoms with van der Waals surface area (Å²) in [6.45, 7) is 2.10. The molecule has 3 aliphatic rings. The van der Waals surface area contributed by atoms with Crippen LogP contribution in [0.5, 0.6) is 5.75 Å². The summed E-state index contributed by atoms with van der Waals surface area (Å²) in [5, 5.41) is 3.07. The van der Waals surface area contributed by atoms with E-state index in [4.69, 9.17) is 4.74 Å². The summed E-state index contributed by atoms with van der Waals surface area (Å²) in [6, 6.07) is 6.14. The largest absolute Gasteiger partial charge is 0.496 e. The lowest BCUT2D eigenvalue weighted by Crippen LogP contribution is -2.57. The molecule has 0 bridgehead atoms. The SMILES string of the molecule is COc1cccc2c1CN(C(=O)NC1CC(N3CCC(C(F)(F)F)CC3)C1)C2. The van der Waals surface area contributed by atoms with Crippen molar-refractivity contribution in [1.29, 1.82) is 0 Å². The van der Waals surface area contributed by atoms with Gasteiger partial charge < -0.3 is 19.9 Å². The summed E-state index contributed by atoms with van der Waals surface area (Å²) in [7, 11) is 1.63. The molecule has 1 aromatic carbocycles. The Hall–Kier alpha value is -1.96. The Balaban J connectivity index is 1.22. The summed E-state index contributed by atoms with van der Waals surface area (Å²) in [6.07, 6.45) is -2.08. The highest BCUT2D eigenvalue weighted by Gasteiger charge is 2.44. The number of benzene rings is 1. The average molecular weight is 397 g/mol. The molecule has 2 fully saturated rings. The Kier molecular flexibility index (Phi) is 5.16. The lowest BCUT2D eigenvalue weighted by Gasteiger charge is -2.46. The molecule has 4 rings (SSSR count). The normalized spacial score (nSPS) is 25.9. The number of likely N-dealkylation sites (tertiary alicyclic amines) is 1. The molecule has 1 aromatic rings. The maximum Gasteiger partial charge on any atom is 0.391 e. The molecule has 2 heterocycles. The maximum absolute atomic E-state index is 12.8. The number of rotatable bonds is 3. The number of alkyl halides is 3. The van der Waals surface area contributed by atoms with Crippen LogP contribution in [0.4, 0.5) is 18.0 Å². The van der Waals surface area contributed by atoms with Crippen molar-refractivity contribution in [1.82, 2.24) is 15.1 Å². The molecule has 1 N–H and O–H groups in total. The van der Waals surface area contributed by atoms with Gasteiger partial charge in [0.05, 0.1) is 19.6 Å². The number of methoxy groups -OCH3 is 1. The third kappa shape index (κ3) is 3.79. The Labute approximate surface area is 162 Å². The van der Waals surface area contributed by atoms with Gasteiger partial charge in [0.25, 0.3) is 0 Å². The molecule has 28 heavy (non-hydrogen) atoms. The molecule has 1 aliphatic carbocycles. The Bertz CT molecular complexity index is 726. The highest BCUT2D eigenvalue weighted by Crippen LogP contribution is 2.37. The standard InChI is InChI=1S/C20H26F3N3O2/c1-28-18-4-2-3-13-11-26(12-17(13)18)19(27)24-15-9-16(10-15)25-7-5-14(6-8-25)20(21,22)23/h2-4,14-16H,5-12H2,1H3,(H,24,27). The van der Waals surface area contributed by atoms with E-state index in [9.17, 15) is 18.0 Å². The molecule has 0 atom stereocenters. The van der Waals surface area contributed by atoms with Crippen LogP contribution in [0.15, 0.2) is 18.2 Å². The van der Waals surface area contributed by atoms with Crippen molar-refractivity contribution in [2.75, 3.05) is 20.2 Å². The quantitative estimate of drug-likeness (QED) is 0.849. The van der Waals surface area contributed by atoms with Crippen molar-refractivity contribution in [3.05, 3.63) is 29.3 Å². The fraction of sp³-hybridized carbons (Fsp3) is 0.650. The van der Waals surface area contributed by atoms with E-state index < -0.39 is 12.1 Å². The number of amides is 2. The topological polar surface area (TPSA) is 44.8 Å². The van der Waals surface area contributed by atoms with Crippen LogP contribution in [-0.2, 0) is 13.1 Å². The number of hydrogen-bond donors (Lipinski definition) is 1. The van der Waals surface area contributed by atoms with Gasteiger partial charge in [-0.1, -0.05) is 12.1 Å². The molecule has 8 heteroatoms. The molecule has 0 aromatic heterocycles. The first kappa shape index (κ1) is 19.4. The molecular weight excluding hydrogens is 371 g/mol. The Morgan fingerprint density at radius 3 is 2.54 bits per heavy atom. The monoisotopic (exact) mass is 397 g/mol. The summed E-state index contributed by atoms with van der Waals surface area (Å²) < 4.78 is 43.7. The smallest absolute Gasteiger partial charge is 0.391 e. The van der Waals surface area contributed by atoms with Gasteiger partial charge in [-0.25, -0.2) is 4.79 Å². The van der Waals surface area contributed by atoms with Crippen molar-refractivity contribution in [2.45, 2.75) is 57.0 Å². The second-order valence-electron chi connectivity index (χ2n) is 8.08. The van der Waals surface area contributed by atoms with E-state index in [2.05, 4.69) is 10.2 Å². The van der Waals surface area contributed by atoms with E-state index in [1.807, 2.05) is 18.2 Å². The zero-order valence-electron chi connectivity index (χ0n) is 16.0. The second-order valence-corrected chi connectivity index (χ2v) is 8.08. The summed E-state index contributed by atoms with van der Waals surface area (Å²) in [5.74, 6) is -0.355. The number of fused-ring (bicyclic) bond motifs is 1. The van der Waals surface area contributed by atoms with E-state index in [1.54, 1.807) is 12.0 Å². The van der Waals surface area contributed by atoms with Crippen molar-refractivity contribution in [3.8, 4) is 5.75 Å². The van der Waals surface area contributed by atoms with Gasteiger partial charge in [-0.05, 0) is 50.4 Å². The molecular formula is C20H26F3N3O2. The number of carbonyl (C=O) groups is 1. The van der Waals surface area contributed by atoms with Crippen LogP contribution < -0.4 is 10.1 Å². The molecule has 0 radical (unpaired) electrons. The first-order valence-electron chi connectivity index (χ1n) is 9.86. The average Bonchev–Trinajstić information content (AvgIpc) is 3.08. The van der Waals surface area contributed by atoms with Crippen molar-refractivity contribution >= 4 is 6.03 Å². The fourth-order valence-corrected chi connectivity index (χ4v) is 4.59. The van der Waals surface area contributed by atoms with Crippen molar-refractivity contribution in [3.63, 3.8) is 0 Å². The predicted molar refractivity (Wildman–Crippen MR) is 97.9 cm³/mol. The zero-order chi connectivity index (χ0) is 19.9. The number of nitrogens with one attached hydrogen (secondary N) is 1. The van der Waals surface area contributed by atoms with Gasteiger partial charge in [-0.2, -0.15) is 13.2 Å². The molecule has 0 unspecified atom stereocenters. The number of nitrogens with zero attached hydrogens (tertiary/aromatic N) is 2. The predicted octanol–water partition coefficient (Wildman–Crippen LogP) is 3.53. The maximum atomic E-state index is 12.8. The molecule has 2 amide bonds. The molecule has 154 valence electrons. The van der Waals surface area contributed by atoms with Crippen LogP contribution >= 0.6 is 0 Å². The highest BCUT2D eigenvalue weighted by atomic mass is 19.4. The van der Waals surface area contributed by atoms with Crippen LogP contribution in [0.25, 0.3) is 0 Å². The first-order chi connectivity index (χ1) is 13.3. The number of hydrogen-bond acceptors (Lipinski definition) is 3. The minimum Gasteiger partial charge on any atom is -0.496 e. The van der Waals surface area contributed by atoms with Gasteiger partial charge in [-0.3, -0.25) is 0 Å². The summed E-state index contributed by atoms with van der Waals surface area (Å²) >= 11 is 0. The summed E-state index contributed by atoms with van der Waals surface area (Å²) in [4.78, 5) is 16.5. The van der Waals surface area contributed by atoms with Crippen LogP contribution in [0.1, 0.15) is 36.8 Å². The molecule has 5 nitrogen and oxygen atoms in total. The van der Waals surface area contributed by atoms with Crippen LogP contribution in [0.2, 0.25) is 0 Å². The van der Waals surface area contributed by atoms with Crippen LogP contribution in [-0.4, -0.2) is 54.3 Å².